The van der Waals surface area contributed by atoms with E-state index in [4.69, 9.17) is 4.74 Å². The maximum absolute atomic E-state index is 11.0. The summed E-state index contributed by atoms with van der Waals surface area (Å²) in [6.07, 6.45) is 3.18. The molecule has 0 amide bonds. The summed E-state index contributed by atoms with van der Waals surface area (Å²) in [7, 11) is 1.37. The van der Waals surface area contributed by atoms with Crippen molar-refractivity contribution in [2.24, 2.45) is 5.41 Å². The van der Waals surface area contributed by atoms with Gasteiger partial charge in [-0.15, -0.1) is 0 Å². The summed E-state index contributed by atoms with van der Waals surface area (Å²) in [6, 6.07) is 0. The molecule has 1 N–H and O–H groups in total. The van der Waals surface area contributed by atoms with Crippen LogP contribution in [-0.4, -0.2) is 31.5 Å². The summed E-state index contributed by atoms with van der Waals surface area (Å²) in [5.74, 6) is -0.342. The third-order valence-corrected chi connectivity index (χ3v) is 2.66. The fourth-order valence-corrected chi connectivity index (χ4v) is 1.57. The molecule has 0 aliphatic carbocycles. The molecule has 92 valence electrons. The molecule has 1 fully saturated rings. The van der Waals surface area contributed by atoms with Crippen molar-refractivity contribution >= 4 is 5.97 Å². The maximum atomic E-state index is 11.0. The van der Waals surface area contributed by atoms with E-state index < -0.39 is 0 Å². The van der Waals surface area contributed by atoms with Crippen LogP contribution in [0.1, 0.15) is 27.7 Å². The lowest BCUT2D eigenvalue weighted by molar-refractivity contribution is -0.134. The van der Waals surface area contributed by atoms with E-state index in [9.17, 15) is 4.79 Å². The van der Waals surface area contributed by atoms with E-state index >= 15 is 0 Å². The third-order valence-electron chi connectivity index (χ3n) is 2.66. The van der Waals surface area contributed by atoms with E-state index in [0.717, 1.165) is 0 Å². The second kappa shape index (κ2) is 4.55. The largest absolute Gasteiger partial charge is 0.466 e. The Bertz CT molecular complexity index is 295. The van der Waals surface area contributed by atoms with Crippen LogP contribution in [0.4, 0.5) is 0 Å². The van der Waals surface area contributed by atoms with Gasteiger partial charge in [-0.1, -0.05) is 19.9 Å². The maximum Gasteiger partial charge on any atom is 0.330 e. The number of nitrogens with one attached hydrogen (secondary N) is 1. The molecule has 1 heterocycles. The minimum Gasteiger partial charge on any atom is -0.466 e. The van der Waals surface area contributed by atoms with E-state index in [1.807, 2.05) is 19.9 Å². The van der Waals surface area contributed by atoms with E-state index in [-0.39, 0.29) is 23.2 Å². The van der Waals surface area contributed by atoms with Gasteiger partial charge >= 0.3 is 5.97 Å². The fraction of sp³-hybridized carbons (Fsp3) is 0.750. The minimum absolute atomic E-state index is 0.0129. The van der Waals surface area contributed by atoms with Crippen molar-refractivity contribution in [1.82, 2.24) is 5.32 Å². The molecule has 1 aliphatic heterocycles. The van der Waals surface area contributed by atoms with Crippen molar-refractivity contribution in [1.29, 1.82) is 0 Å². The SMILES string of the molecule is COC(=O)/C=C/C(C)(C)C1NC(C)(C)CO1. The second-order valence-electron chi connectivity index (χ2n) is 5.40. The van der Waals surface area contributed by atoms with Gasteiger partial charge in [0.25, 0.3) is 0 Å². The Kier molecular flexibility index (Phi) is 3.76. The summed E-state index contributed by atoms with van der Waals surface area (Å²) in [5.41, 5.74) is -0.261. The van der Waals surface area contributed by atoms with Crippen LogP contribution in [0.15, 0.2) is 12.2 Å². The van der Waals surface area contributed by atoms with E-state index in [0.29, 0.717) is 6.61 Å². The molecular weight excluding hydrogens is 206 g/mol. The first-order valence-electron chi connectivity index (χ1n) is 5.43. The summed E-state index contributed by atoms with van der Waals surface area (Å²) < 4.78 is 10.2. The quantitative estimate of drug-likeness (QED) is 0.586. The molecule has 0 saturated carbocycles. The van der Waals surface area contributed by atoms with E-state index in [2.05, 4.69) is 23.9 Å². The first kappa shape index (κ1) is 13.2. The highest BCUT2D eigenvalue weighted by atomic mass is 16.5. The predicted octanol–water partition coefficient (Wildman–Crippen LogP) is 1.47. The monoisotopic (exact) mass is 227 g/mol. The van der Waals surface area contributed by atoms with Crippen LogP contribution in [-0.2, 0) is 14.3 Å². The minimum atomic E-state index is -0.342. The normalized spacial score (nSPS) is 24.9. The number of carbonyl (C=O) groups excluding carboxylic acids is 1. The lowest BCUT2D eigenvalue weighted by atomic mass is 9.90. The molecule has 0 aromatic carbocycles. The summed E-state index contributed by atoms with van der Waals surface area (Å²) in [4.78, 5) is 11.0. The Hall–Kier alpha value is -0.870. The molecule has 1 unspecified atom stereocenters. The molecule has 1 atom stereocenters. The molecule has 0 aromatic rings. The molecule has 1 saturated heterocycles. The van der Waals surface area contributed by atoms with Crippen molar-refractivity contribution in [3.63, 3.8) is 0 Å². The predicted molar refractivity (Wildman–Crippen MR) is 61.9 cm³/mol. The summed E-state index contributed by atoms with van der Waals surface area (Å²) >= 11 is 0. The lowest BCUT2D eigenvalue weighted by Gasteiger charge is -2.29. The van der Waals surface area contributed by atoms with Crippen molar-refractivity contribution in [2.45, 2.75) is 39.5 Å². The van der Waals surface area contributed by atoms with Crippen LogP contribution < -0.4 is 5.32 Å². The smallest absolute Gasteiger partial charge is 0.330 e. The molecule has 1 rings (SSSR count). The van der Waals surface area contributed by atoms with Crippen LogP contribution in [0.25, 0.3) is 0 Å². The summed E-state index contributed by atoms with van der Waals surface area (Å²) in [6.45, 7) is 8.89. The molecule has 4 heteroatoms. The highest BCUT2D eigenvalue weighted by Crippen LogP contribution is 2.29. The van der Waals surface area contributed by atoms with Gasteiger partial charge in [0.1, 0.15) is 6.23 Å². The molecule has 0 spiro atoms. The zero-order valence-corrected chi connectivity index (χ0v) is 10.7. The Morgan fingerprint density at radius 3 is 2.62 bits per heavy atom. The Labute approximate surface area is 97.0 Å². The molecule has 0 aromatic heterocycles. The highest BCUT2D eigenvalue weighted by Gasteiger charge is 2.38. The van der Waals surface area contributed by atoms with Crippen LogP contribution in [0, 0.1) is 5.41 Å². The van der Waals surface area contributed by atoms with Crippen molar-refractivity contribution in [3.05, 3.63) is 12.2 Å². The highest BCUT2D eigenvalue weighted by molar-refractivity contribution is 5.81. The van der Waals surface area contributed by atoms with Crippen LogP contribution >= 0.6 is 0 Å². The van der Waals surface area contributed by atoms with Gasteiger partial charge in [0.15, 0.2) is 0 Å². The van der Waals surface area contributed by atoms with E-state index in [1.54, 1.807) is 0 Å². The van der Waals surface area contributed by atoms with Gasteiger partial charge in [0, 0.05) is 17.0 Å². The van der Waals surface area contributed by atoms with Gasteiger partial charge in [0.2, 0.25) is 0 Å². The van der Waals surface area contributed by atoms with Crippen molar-refractivity contribution < 1.29 is 14.3 Å². The van der Waals surface area contributed by atoms with Gasteiger partial charge < -0.3 is 9.47 Å². The van der Waals surface area contributed by atoms with Gasteiger partial charge in [0.05, 0.1) is 13.7 Å². The number of esters is 1. The zero-order valence-electron chi connectivity index (χ0n) is 10.7. The van der Waals surface area contributed by atoms with Crippen molar-refractivity contribution in [2.75, 3.05) is 13.7 Å². The van der Waals surface area contributed by atoms with Crippen molar-refractivity contribution in [3.8, 4) is 0 Å². The van der Waals surface area contributed by atoms with Gasteiger partial charge in [-0.2, -0.15) is 0 Å². The zero-order chi connectivity index (χ0) is 12.4. The van der Waals surface area contributed by atoms with Gasteiger partial charge in [-0.05, 0) is 13.8 Å². The second-order valence-corrected chi connectivity index (χ2v) is 5.40. The average Bonchev–Trinajstić information content (AvgIpc) is 2.56. The third kappa shape index (κ3) is 3.32. The number of rotatable bonds is 3. The first-order valence-corrected chi connectivity index (χ1v) is 5.43. The lowest BCUT2D eigenvalue weighted by Crippen LogP contribution is -2.45. The van der Waals surface area contributed by atoms with E-state index in [1.165, 1.54) is 13.2 Å². The molecule has 16 heavy (non-hydrogen) atoms. The summed E-state index contributed by atoms with van der Waals surface area (Å²) in [5, 5.41) is 3.39. The number of carbonyl (C=O) groups is 1. The van der Waals surface area contributed by atoms with Crippen LogP contribution in [0.2, 0.25) is 0 Å². The standard InChI is InChI=1S/C12H21NO3/c1-11(2,7-6-9(14)15-5)10-13-12(3,4)8-16-10/h6-7,10,13H,8H2,1-5H3/b7-6+. The Morgan fingerprint density at radius 1 is 1.56 bits per heavy atom. The van der Waals surface area contributed by atoms with Crippen LogP contribution in [0.5, 0.6) is 0 Å². The molecule has 4 nitrogen and oxygen atoms in total. The number of hydrogen-bond donors (Lipinski definition) is 1. The number of hydrogen-bond acceptors (Lipinski definition) is 4. The molecule has 0 bridgehead atoms. The molecule has 0 radical (unpaired) electrons. The van der Waals surface area contributed by atoms with Gasteiger partial charge in [-0.25, -0.2) is 4.79 Å². The Balaban J connectivity index is 2.64. The first-order chi connectivity index (χ1) is 7.27. The molecular formula is C12H21NO3. The number of methoxy groups -OCH3 is 1. The number of ether oxygens (including phenoxy) is 2. The topological polar surface area (TPSA) is 47.6 Å². The van der Waals surface area contributed by atoms with Gasteiger partial charge in [-0.3, -0.25) is 5.32 Å². The van der Waals surface area contributed by atoms with Crippen LogP contribution in [0.3, 0.4) is 0 Å². The fourth-order valence-electron chi connectivity index (χ4n) is 1.57. The molecule has 1 aliphatic rings. The average molecular weight is 227 g/mol. The Morgan fingerprint density at radius 2 is 2.19 bits per heavy atom.